The van der Waals surface area contributed by atoms with Gasteiger partial charge in [-0.3, -0.25) is 4.90 Å². The lowest BCUT2D eigenvalue weighted by molar-refractivity contribution is 0.200. The van der Waals surface area contributed by atoms with Gasteiger partial charge < -0.3 is 11.1 Å². The number of hydrogen-bond acceptors (Lipinski definition) is 4. The molecule has 0 spiro atoms. The van der Waals surface area contributed by atoms with Gasteiger partial charge in [-0.05, 0) is 32.0 Å². The Morgan fingerprint density at radius 1 is 1.30 bits per heavy atom. The van der Waals surface area contributed by atoms with Gasteiger partial charge in [0, 0.05) is 29.3 Å². The second kappa shape index (κ2) is 5.51. The largest absolute Gasteiger partial charge is 0.397 e. The molecule has 1 saturated heterocycles. The minimum absolute atomic E-state index is 0.586. The second-order valence-corrected chi connectivity index (χ2v) is 7.21. The van der Waals surface area contributed by atoms with Gasteiger partial charge in [-0.2, -0.15) is 0 Å². The molecule has 1 aromatic rings. The summed E-state index contributed by atoms with van der Waals surface area (Å²) in [7, 11) is 4.07. The standard InChI is InChI=1S/C15H20ClN3S/c1-18-15-12(17)5-6-13(14(15)16)20-11-7-9-3-4-10(8-11)19(9)2/h3-6,9-11,18H,7-8,17H2,1-2H3. The van der Waals surface area contributed by atoms with Crippen LogP contribution in [0.15, 0.2) is 29.2 Å². The van der Waals surface area contributed by atoms with Crippen molar-refractivity contribution in [2.75, 3.05) is 25.1 Å². The fourth-order valence-electron chi connectivity index (χ4n) is 3.09. The number of thioether (sulfide) groups is 1. The van der Waals surface area contributed by atoms with Crippen LogP contribution in [0.2, 0.25) is 5.02 Å². The van der Waals surface area contributed by atoms with Crippen molar-refractivity contribution in [3.63, 3.8) is 0 Å². The summed E-state index contributed by atoms with van der Waals surface area (Å²) in [5.74, 6) is 0. The van der Waals surface area contributed by atoms with Crippen LogP contribution in [-0.2, 0) is 0 Å². The number of benzene rings is 1. The molecular formula is C15H20ClN3S. The number of hydrogen-bond donors (Lipinski definition) is 2. The van der Waals surface area contributed by atoms with E-state index >= 15 is 0 Å². The van der Waals surface area contributed by atoms with Crippen LogP contribution in [0.3, 0.4) is 0 Å². The highest BCUT2D eigenvalue weighted by Gasteiger charge is 2.35. The molecular weight excluding hydrogens is 290 g/mol. The van der Waals surface area contributed by atoms with E-state index in [4.69, 9.17) is 17.3 Å². The summed E-state index contributed by atoms with van der Waals surface area (Å²) in [5, 5.41) is 4.45. The molecule has 1 fully saturated rings. The SMILES string of the molecule is CNc1c(N)ccc(SC2CC3C=CC(C2)N3C)c1Cl. The van der Waals surface area contributed by atoms with Crippen LogP contribution < -0.4 is 11.1 Å². The van der Waals surface area contributed by atoms with Crippen molar-refractivity contribution in [3.05, 3.63) is 29.3 Å². The number of nitrogens with two attached hydrogens (primary N) is 1. The maximum Gasteiger partial charge on any atom is 0.0794 e. The first kappa shape index (κ1) is 14.1. The van der Waals surface area contributed by atoms with Crippen molar-refractivity contribution in [1.29, 1.82) is 0 Å². The van der Waals surface area contributed by atoms with Gasteiger partial charge in [0.1, 0.15) is 0 Å². The summed E-state index contributed by atoms with van der Waals surface area (Å²) in [6.45, 7) is 0. The quantitative estimate of drug-likeness (QED) is 0.663. The van der Waals surface area contributed by atoms with Gasteiger partial charge in [0.05, 0.1) is 16.4 Å². The molecule has 0 aromatic heterocycles. The molecule has 2 heterocycles. The van der Waals surface area contributed by atoms with E-state index in [9.17, 15) is 0 Å². The maximum atomic E-state index is 6.46. The molecule has 2 aliphatic heterocycles. The second-order valence-electron chi connectivity index (χ2n) is 5.49. The summed E-state index contributed by atoms with van der Waals surface area (Å²) in [6.07, 6.45) is 7.05. The molecule has 1 aromatic carbocycles. The number of likely N-dealkylation sites (N-methyl/N-ethyl adjacent to an activating group) is 1. The molecule has 5 heteroatoms. The molecule has 3 N–H and O–H groups in total. The lowest BCUT2D eigenvalue weighted by Crippen LogP contribution is -2.41. The Morgan fingerprint density at radius 2 is 1.95 bits per heavy atom. The lowest BCUT2D eigenvalue weighted by Gasteiger charge is -2.36. The Morgan fingerprint density at radius 3 is 2.55 bits per heavy atom. The Hall–Kier alpha value is -0.840. The monoisotopic (exact) mass is 309 g/mol. The zero-order chi connectivity index (χ0) is 14.3. The third kappa shape index (κ3) is 2.41. The molecule has 2 bridgehead atoms. The van der Waals surface area contributed by atoms with E-state index in [0.29, 0.717) is 23.0 Å². The Balaban J connectivity index is 1.76. The average Bonchev–Trinajstić information content (AvgIpc) is 2.65. The van der Waals surface area contributed by atoms with Crippen LogP contribution in [0, 0.1) is 0 Å². The van der Waals surface area contributed by atoms with Crippen LogP contribution in [0.1, 0.15) is 12.8 Å². The van der Waals surface area contributed by atoms with E-state index in [2.05, 4.69) is 29.4 Å². The number of nitrogens with one attached hydrogen (secondary N) is 1. The highest BCUT2D eigenvalue weighted by molar-refractivity contribution is 8.00. The molecule has 2 aliphatic rings. The van der Waals surface area contributed by atoms with Crippen LogP contribution in [0.25, 0.3) is 0 Å². The summed E-state index contributed by atoms with van der Waals surface area (Å²) < 4.78 is 0. The maximum absolute atomic E-state index is 6.46. The molecule has 0 saturated carbocycles. The highest BCUT2D eigenvalue weighted by atomic mass is 35.5. The molecule has 0 amide bonds. The van der Waals surface area contributed by atoms with Gasteiger partial charge in [0.25, 0.3) is 0 Å². The van der Waals surface area contributed by atoms with E-state index in [1.165, 1.54) is 12.8 Å². The molecule has 0 aliphatic carbocycles. The zero-order valence-electron chi connectivity index (χ0n) is 11.8. The molecule has 108 valence electrons. The number of nitrogens with zero attached hydrogens (tertiary/aromatic N) is 1. The molecule has 2 unspecified atom stereocenters. The van der Waals surface area contributed by atoms with Crippen molar-refractivity contribution in [3.8, 4) is 0 Å². The normalized spacial score (nSPS) is 28.9. The molecule has 0 radical (unpaired) electrons. The van der Waals surface area contributed by atoms with E-state index in [0.717, 1.165) is 15.6 Å². The van der Waals surface area contributed by atoms with Gasteiger partial charge in [-0.15, -0.1) is 11.8 Å². The topological polar surface area (TPSA) is 41.3 Å². The van der Waals surface area contributed by atoms with Crippen molar-refractivity contribution >= 4 is 34.7 Å². The molecule has 3 nitrogen and oxygen atoms in total. The minimum Gasteiger partial charge on any atom is -0.397 e. The van der Waals surface area contributed by atoms with Crippen LogP contribution in [0.5, 0.6) is 0 Å². The lowest BCUT2D eigenvalue weighted by atomic mass is 10.0. The van der Waals surface area contributed by atoms with Crippen molar-refractivity contribution in [1.82, 2.24) is 4.90 Å². The minimum atomic E-state index is 0.586. The fraction of sp³-hybridized carbons (Fsp3) is 0.467. The summed E-state index contributed by atoms with van der Waals surface area (Å²) in [5.41, 5.74) is 7.47. The van der Waals surface area contributed by atoms with E-state index in [1.54, 1.807) is 0 Å². The first-order valence-corrected chi connectivity index (χ1v) is 8.18. The van der Waals surface area contributed by atoms with E-state index in [-0.39, 0.29) is 0 Å². The van der Waals surface area contributed by atoms with Gasteiger partial charge >= 0.3 is 0 Å². The van der Waals surface area contributed by atoms with Gasteiger partial charge in [0.2, 0.25) is 0 Å². The third-order valence-electron chi connectivity index (χ3n) is 4.29. The van der Waals surface area contributed by atoms with E-state index < -0.39 is 0 Å². The number of nitrogen functional groups attached to an aromatic ring is 1. The first-order valence-electron chi connectivity index (χ1n) is 6.92. The Labute approximate surface area is 129 Å². The first-order chi connectivity index (χ1) is 9.60. The van der Waals surface area contributed by atoms with Crippen LogP contribution >= 0.6 is 23.4 Å². The number of halogens is 1. The predicted octanol–water partition coefficient (Wildman–Crippen LogP) is 3.46. The molecule has 20 heavy (non-hydrogen) atoms. The van der Waals surface area contributed by atoms with Crippen molar-refractivity contribution in [2.24, 2.45) is 0 Å². The smallest absolute Gasteiger partial charge is 0.0794 e. The highest BCUT2D eigenvalue weighted by Crippen LogP contribution is 2.43. The Bertz CT molecular complexity index is 530. The van der Waals surface area contributed by atoms with Gasteiger partial charge in [0.15, 0.2) is 0 Å². The Kier molecular flexibility index (Phi) is 3.89. The van der Waals surface area contributed by atoms with Crippen LogP contribution in [-0.4, -0.2) is 36.3 Å². The van der Waals surface area contributed by atoms with Gasteiger partial charge in [-0.1, -0.05) is 23.8 Å². The third-order valence-corrected chi connectivity index (χ3v) is 6.11. The van der Waals surface area contributed by atoms with Gasteiger partial charge in [-0.25, -0.2) is 0 Å². The number of anilines is 2. The zero-order valence-corrected chi connectivity index (χ0v) is 13.3. The van der Waals surface area contributed by atoms with E-state index in [1.807, 2.05) is 30.9 Å². The van der Waals surface area contributed by atoms with Crippen molar-refractivity contribution < 1.29 is 0 Å². The predicted molar refractivity (Wildman–Crippen MR) is 88.8 cm³/mol. The summed E-state index contributed by atoms with van der Waals surface area (Å²) in [6, 6.07) is 5.14. The molecule has 2 atom stereocenters. The average molecular weight is 310 g/mol. The molecule has 3 rings (SSSR count). The van der Waals surface area contributed by atoms with Crippen LogP contribution in [0.4, 0.5) is 11.4 Å². The van der Waals surface area contributed by atoms with Crippen molar-refractivity contribution in [2.45, 2.75) is 35.1 Å². The number of rotatable bonds is 3. The fourth-order valence-corrected chi connectivity index (χ4v) is 4.79. The summed E-state index contributed by atoms with van der Waals surface area (Å²) >= 11 is 8.35. The summed E-state index contributed by atoms with van der Waals surface area (Å²) in [4.78, 5) is 3.58. The number of fused-ring (bicyclic) bond motifs is 2. The number of piperidine rings is 1.